The molecule has 4 rings (SSSR count). The normalized spacial score (nSPS) is 14.2. The Balaban J connectivity index is 0.00000113. The Hall–Kier alpha value is -1.19. The summed E-state index contributed by atoms with van der Waals surface area (Å²) >= 11 is 0. The van der Waals surface area contributed by atoms with E-state index in [0.29, 0.717) is 16.6 Å². The summed E-state index contributed by atoms with van der Waals surface area (Å²) in [6, 6.07) is 18.6. The van der Waals surface area contributed by atoms with Gasteiger partial charge in [0.25, 0.3) is 0 Å². The Bertz CT molecular complexity index is 1090. The van der Waals surface area contributed by atoms with E-state index in [2.05, 4.69) is 6.58 Å². The van der Waals surface area contributed by atoms with Crippen LogP contribution in [0.4, 0.5) is 0 Å². The third kappa shape index (κ3) is 4.04. The zero-order chi connectivity index (χ0) is 16.0. The van der Waals surface area contributed by atoms with E-state index in [1.807, 2.05) is 54.6 Å². The van der Waals surface area contributed by atoms with E-state index in [9.17, 15) is 9.46 Å². The molecule has 3 aromatic carbocycles. The van der Waals surface area contributed by atoms with Crippen LogP contribution in [0.5, 0.6) is 0 Å². The van der Waals surface area contributed by atoms with Crippen LogP contribution in [-0.4, -0.2) is 4.89 Å². The van der Waals surface area contributed by atoms with Crippen LogP contribution in [0.3, 0.4) is 0 Å². The Kier molecular flexibility index (Phi) is 7.62. The molecule has 0 saturated carbocycles. The molecule has 3 aromatic rings. The monoisotopic (exact) mass is 439 g/mol. The van der Waals surface area contributed by atoms with Crippen molar-refractivity contribution in [3.8, 4) is 0 Å². The molecule has 0 aliphatic heterocycles. The molecule has 0 aromatic heterocycles. The smallest absolute Gasteiger partial charge is 1.00 e. The van der Waals surface area contributed by atoms with Crippen LogP contribution in [-0.2, 0) is 30.8 Å². The second-order valence-electron chi connectivity index (χ2n) is 5.54. The number of hydrogen-bond acceptors (Lipinski definition) is 2. The number of rotatable bonds is 3. The summed E-state index contributed by atoms with van der Waals surface area (Å²) in [6.45, 7) is 3.92. The van der Waals surface area contributed by atoms with Crippen molar-refractivity contribution < 1.29 is 60.5 Å². The van der Waals surface area contributed by atoms with Gasteiger partial charge in [-0.15, -0.1) is 35.0 Å². The molecule has 131 valence electrons. The van der Waals surface area contributed by atoms with Crippen LogP contribution in [0.1, 0.15) is 0 Å². The van der Waals surface area contributed by atoms with Gasteiger partial charge in [0.15, 0.2) is 0 Å². The molecule has 1 aliphatic rings. The van der Waals surface area contributed by atoms with Gasteiger partial charge in [-0.3, -0.25) is 0 Å². The molecule has 0 spiro atoms. The van der Waals surface area contributed by atoms with E-state index >= 15 is 0 Å². The van der Waals surface area contributed by atoms with Gasteiger partial charge >= 0.3 is 29.3 Å². The molecule has 7 heteroatoms. The summed E-state index contributed by atoms with van der Waals surface area (Å²) in [5.41, 5.74) is 0.608. The maximum atomic E-state index is 12.8. The fraction of sp³-hybridized carbons (Fsp3) is 0. The quantitative estimate of drug-likeness (QED) is 0.262. The Morgan fingerprint density at radius 3 is 2.42 bits per heavy atom. The van der Waals surface area contributed by atoms with Crippen LogP contribution in [0.25, 0.3) is 22.6 Å². The van der Waals surface area contributed by atoms with Crippen molar-refractivity contribution in [1.29, 1.82) is 0 Å². The van der Waals surface area contributed by atoms with Gasteiger partial charge in [0, 0.05) is 10.8 Å². The molecule has 26 heavy (non-hydrogen) atoms. The number of halogens is 2. The third-order valence-electron chi connectivity index (χ3n) is 3.97. The minimum atomic E-state index is -3.98. The van der Waals surface area contributed by atoms with Gasteiger partial charge < -0.3 is 34.2 Å². The Labute approximate surface area is 178 Å². The molecule has 0 bridgehead atoms. The summed E-state index contributed by atoms with van der Waals surface area (Å²) in [4.78, 5) is 10.4. The fourth-order valence-corrected chi connectivity index (χ4v) is 4.01. The second-order valence-corrected chi connectivity index (χ2v) is 7.28. The molecular weight excluding hydrogens is 426 g/mol. The topological polar surface area (TPSA) is 46.5 Å². The first-order chi connectivity index (χ1) is 11.0. The van der Waals surface area contributed by atoms with Gasteiger partial charge in [-0.2, -0.15) is 6.07 Å². The summed E-state index contributed by atoms with van der Waals surface area (Å²) in [5, 5.41) is 3.87. The van der Waals surface area contributed by atoms with Gasteiger partial charge in [0.1, 0.15) is 5.76 Å². The van der Waals surface area contributed by atoms with Crippen LogP contribution < -0.4 is 40.6 Å². The minimum absolute atomic E-state index is 0. The zero-order valence-electron chi connectivity index (χ0n) is 13.5. The van der Waals surface area contributed by atoms with Crippen LogP contribution in [0.2, 0.25) is 0 Å². The average Bonchev–Trinajstić information content (AvgIpc) is 3.10. The van der Waals surface area contributed by atoms with E-state index in [1.165, 1.54) is 0 Å². The first-order valence-electron chi connectivity index (χ1n) is 7.23. The van der Waals surface area contributed by atoms with Gasteiger partial charge in [0.2, 0.25) is 0 Å². The number of hydrogen-bond donors (Lipinski definition) is 1. The molecular formula is C19H14Cl2O3PTi. The van der Waals surface area contributed by atoms with Crippen molar-refractivity contribution in [1.82, 2.24) is 0 Å². The summed E-state index contributed by atoms with van der Waals surface area (Å²) in [5.74, 6) is 0.372. The zero-order valence-corrected chi connectivity index (χ0v) is 17.5. The van der Waals surface area contributed by atoms with E-state index in [1.54, 1.807) is 12.1 Å². The summed E-state index contributed by atoms with van der Waals surface area (Å²) in [7, 11) is -3.98. The van der Waals surface area contributed by atoms with E-state index in [4.69, 9.17) is 4.52 Å². The molecule has 3 nitrogen and oxygen atoms in total. The van der Waals surface area contributed by atoms with E-state index in [0.717, 1.165) is 21.2 Å². The standard InChI is InChI=1S/C19H14O3P.2ClH.Ti/c1-13-10-16-8-4-5-9-18(16)19(13)22-23(20,21)17-11-14-6-2-3-7-15(14)12-17;;;/h2-12H,1H2,(H,20,21);2*1H;/q-1;;;+3/p-2. The first-order valence-corrected chi connectivity index (χ1v) is 8.81. The van der Waals surface area contributed by atoms with Crippen LogP contribution in [0, 0.1) is 0 Å². The summed E-state index contributed by atoms with van der Waals surface area (Å²) < 4.78 is 18.3. The molecule has 0 heterocycles. The van der Waals surface area contributed by atoms with Crippen molar-refractivity contribution >= 4 is 35.5 Å². The van der Waals surface area contributed by atoms with E-state index in [-0.39, 0.29) is 46.5 Å². The second kappa shape index (κ2) is 8.67. The molecule has 0 saturated heterocycles. The average molecular weight is 440 g/mol. The molecule has 1 unspecified atom stereocenters. The first kappa shape index (κ1) is 22.9. The van der Waals surface area contributed by atoms with Gasteiger partial charge in [-0.25, -0.2) is 4.57 Å². The molecule has 1 N–H and O–H groups in total. The molecule has 0 fully saturated rings. The predicted molar refractivity (Wildman–Crippen MR) is 92.8 cm³/mol. The Morgan fingerprint density at radius 2 is 1.69 bits per heavy atom. The van der Waals surface area contributed by atoms with E-state index < -0.39 is 7.60 Å². The van der Waals surface area contributed by atoms with Crippen LogP contribution >= 0.6 is 7.60 Å². The van der Waals surface area contributed by atoms with Crippen molar-refractivity contribution in [3.05, 3.63) is 83.3 Å². The number of fused-ring (bicyclic) bond motifs is 2. The number of benzene rings is 2. The maximum absolute atomic E-state index is 12.8. The molecule has 1 aliphatic carbocycles. The van der Waals surface area contributed by atoms with Crippen molar-refractivity contribution in [2.75, 3.05) is 0 Å². The van der Waals surface area contributed by atoms with Crippen molar-refractivity contribution in [3.63, 3.8) is 0 Å². The van der Waals surface area contributed by atoms with Crippen molar-refractivity contribution in [2.24, 2.45) is 0 Å². The SMILES string of the molecule is C=C1C=c2ccccc2=C1OP(=O)(O)c1cc2ccccc2[cH-]1.[Cl-].[Cl-].[Ti+3]. The largest absolute Gasteiger partial charge is 3.00 e. The predicted octanol–water partition coefficient (Wildman–Crippen LogP) is -3.45. The third-order valence-corrected chi connectivity index (χ3v) is 5.31. The summed E-state index contributed by atoms with van der Waals surface area (Å²) in [6.07, 6.45) is 1.85. The van der Waals surface area contributed by atoms with Gasteiger partial charge in [-0.1, -0.05) is 36.9 Å². The van der Waals surface area contributed by atoms with Crippen molar-refractivity contribution in [2.45, 2.75) is 0 Å². The molecule has 1 atom stereocenters. The van der Waals surface area contributed by atoms with Crippen LogP contribution in [0.15, 0.2) is 72.8 Å². The Morgan fingerprint density at radius 1 is 1.04 bits per heavy atom. The minimum Gasteiger partial charge on any atom is -1.00 e. The molecule has 0 amide bonds. The van der Waals surface area contributed by atoms with Gasteiger partial charge in [0.05, 0.1) is 0 Å². The maximum Gasteiger partial charge on any atom is 3.00 e. The molecule has 1 radical (unpaired) electrons. The fourth-order valence-electron chi connectivity index (χ4n) is 2.84. The van der Waals surface area contributed by atoms with Gasteiger partial charge in [-0.05, 0) is 16.6 Å².